The quantitative estimate of drug-likeness (QED) is 0.144. The van der Waals surface area contributed by atoms with Gasteiger partial charge in [0.1, 0.15) is 32.7 Å². The van der Waals surface area contributed by atoms with Gasteiger partial charge in [0.25, 0.3) is 11.8 Å². The monoisotopic (exact) mass is 673 g/mol. The third-order valence-electron chi connectivity index (χ3n) is 5.12. The van der Waals surface area contributed by atoms with Crippen LogP contribution in [0.25, 0.3) is 0 Å². The third kappa shape index (κ3) is 7.87. The molecule has 1 aromatic heterocycles. The van der Waals surface area contributed by atoms with Crippen molar-refractivity contribution in [2.45, 2.75) is 44.0 Å². The number of amides is 3. The second kappa shape index (κ2) is 13.1. The fourth-order valence-corrected chi connectivity index (χ4v) is 6.66. The minimum Gasteiger partial charge on any atom is -0.477 e. The Morgan fingerprint density at radius 2 is 1.93 bits per heavy atom. The number of alkyl halides is 3. The number of anilines is 1. The van der Waals surface area contributed by atoms with Gasteiger partial charge in [0.2, 0.25) is 6.61 Å². The number of thioether (sulfide) groups is 2. The van der Waals surface area contributed by atoms with Crippen molar-refractivity contribution in [2.75, 3.05) is 29.7 Å². The molecule has 3 rings (SSSR count). The van der Waals surface area contributed by atoms with Crippen LogP contribution in [0.4, 0.5) is 18.3 Å². The summed E-state index contributed by atoms with van der Waals surface area (Å²) < 4.78 is 42.8. The molecule has 0 radical (unpaired) electrons. The van der Waals surface area contributed by atoms with Crippen molar-refractivity contribution in [1.82, 2.24) is 15.2 Å². The van der Waals surface area contributed by atoms with E-state index >= 15 is 0 Å². The minimum atomic E-state index is -5.24. The molecule has 3 N–H and O–H groups in total. The average molecular weight is 674 g/mol. The molecule has 1 aromatic rings. The molecule has 3 heterocycles. The zero-order valence-corrected chi connectivity index (χ0v) is 25.4. The van der Waals surface area contributed by atoms with Crippen LogP contribution in [0.1, 0.15) is 26.5 Å². The molecular formula is C22H23ClF3N5O8S3. The number of thiazole rings is 1. The van der Waals surface area contributed by atoms with E-state index in [4.69, 9.17) is 21.2 Å². The van der Waals surface area contributed by atoms with Gasteiger partial charge in [0.15, 0.2) is 10.8 Å². The number of fused-ring (bicyclic) bond motifs is 1. The summed E-state index contributed by atoms with van der Waals surface area (Å²) in [7, 11) is 0. The molecule has 20 heteroatoms. The van der Waals surface area contributed by atoms with Gasteiger partial charge in [0.05, 0.1) is 0 Å². The first-order chi connectivity index (χ1) is 19.4. The third-order valence-corrected chi connectivity index (χ3v) is 8.26. The van der Waals surface area contributed by atoms with Gasteiger partial charge >= 0.3 is 24.0 Å². The summed E-state index contributed by atoms with van der Waals surface area (Å²) in [6, 6.07) is -1.22. The SMILES string of the molecule is CSCC1=C(C(=O)O)N2C(=O)C(NC(=O)C(=NOCC(=O)OC(C)(C)C)c3nc(NC(=O)C(F)(F)F)sc3Cl)[C@@H]2SC1. The second-order valence-electron chi connectivity index (χ2n) is 9.44. The molecule has 2 aliphatic heterocycles. The summed E-state index contributed by atoms with van der Waals surface area (Å²) in [5.74, 6) is -5.72. The van der Waals surface area contributed by atoms with E-state index in [0.717, 1.165) is 4.90 Å². The summed E-state index contributed by atoms with van der Waals surface area (Å²) in [6.45, 7) is 4.00. The highest BCUT2D eigenvalue weighted by Crippen LogP contribution is 2.41. The summed E-state index contributed by atoms with van der Waals surface area (Å²) >= 11 is 9.07. The van der Waals surface area contributed by atoms with Crippen molar-refractivity contribution in [3.8, 4) is 0 Å². The van der Waals surface area contributed by atoms with Crippen LogP contribution in [-0.4, -0.2) is 97.9 Å². The molecule has 230 valence electrons. The molecule has 1 fully saturated rings. The molecule has 0 saturated carbocycles. The Bertz CT molecular complexity index is 1360. The van der Waals surface area contributed by atoms with Gasteiger partial charge in [0, 0.05) is 11.5 Å². The topological polar surface area (TPSA) is 177 Å². The van der Waals surface area contributed by atoms with E-state index in [2.05, 4.69) is 15.5 Å². The standard InChI is InChI=1S/C22H23ClF3N5O8S3/c1-21(2,3)39-9(32)5-38-30-11(10-14(23)42-20(28-10)29-19(37)22(24,25)26)15(33)27-12-16(34)31-13(18(35)36)8(6-40-4)7-41-17(12)31/h12,17H,5-7H2,1-4H3,(H,27,33)(H,35,36)(H,28,29,37)/t12?,17-/m0/s1. The van der Waals surface area contributed by atoms with Crippen molar-refractivity contribution in [2.24, 2.45) is 5.16 Å². The molecule has 2 atom stereocenters. The smallest absolute Gasteiger partial charge is 0.471 e. The Kier molecular flexibility index (Phi) is 10.4. The zero-order chi connectivity index (χ0) is 31.6. The van der Waals surface area contributed by atoms with E-state index in [-0.39, 0.29) is 15.8 Å². The first kappa shape index (κ1) is 33.5. The van der Waals surface area contributed by atoms with Crippen LogP contribution in [0.15, 0.2) is 16.4 Å². The lowest BCUT2D eigenvalue weighted by atomic mass is 10.0. The number of carboxylic acids is 1. The van der Waals surface area contributed by atoms with Gasteiger partial charge in [-0.3, -0.25) is 24.6 Å². The number of carboxylic acid groups (broad SMARTS) is 1. The van der Waals surface area contributed by atoms with E-state index in [1.807, 2.05) is 0 Å². The molecule has 3 amide bonds. The van der Waals surface area contributed by atoms with Crippen molar-refractivity contribution >= 4 is 87.0 Å². The highest BCUT2D eigenvalue weighted by Gasteiger charge is 2.54. The molecule has 0 spiro atoms. The lowest BCUT2D eigenvalue weighted by Crippen LogP contribution is -2.71. The molecule has 0 bridgehead atoms. The highest BCUT2D eigenvalue weighted by molar-refractivity contribution is 8.00. The molecule has 42 heavy (non-hydrogen) atoms. The summed E-state index contributed by atoms with van der Waals surface area (Å²) in [5, 5.41) is 15.7. The maximum Gasteiger partial charge on any atom is 0.471 e. The van der Waals surface area contributed by atoms with Crippen LogP contribution >= 0.6 is 46.5 Å². The second-order valence-corrected chi connectivity index (χ2v) is 13.0. The molecular weight excluding hydrogens is 651 g/mol. The lowest BCUT2D eigenvalue weighted by Gasteiger charge is -2.49. The summed E-state index contributed by atoms with van der Waals surface area (Å²) in [6.07, 6.45) is -3.46. The number of halogens is 4. The van der Waals surface area contributed by atoms with Crippen LogP contribution in [0.3, 0.4) is 0 Å². The molecule has 0 aliphatic carbocycles. The number of carbonyl (C=O) groups is 5. The van der Waals surface area contributed by atoms with Crippen LogP contribution in [-0.2, 0) is 33.5 Å². The van der Waals surface area contributed by atoms with E-state index in [1.165, 1.54) is 28.8 Å². The van der Waals surface area contributed by atoms with Crippen LogP contribution < -0.4 is 10.6 Å². The largest absolute Gasteiger partial charge is 0.477 e. The Balaban J connectivity index is 1.86. The Morgan fingerprint density at radius 3 is 2.50 bits per heavy atom. The number of carbonyl (C=O) groups excluding carboxylic acids is 4. The van der Waals surface area contributed by atoms with Crippen molar-refractivity contribution in [3.05, 3.63) is 21.3 Å². The van der Waals surface area contributed by atoms with E-state index in [9.17, 15) is 42.3 Å². The fraction of sp³-hybridized carbons (Fsp3) is 0.500. The van der Waals surface area contributed by atoms with E-state index in [0.29, 0.717) is 22.7 Å². The average Bonchev–Trinajstić information content (AvgIpc) is 3.22. The number of hydrogen-bond acceptors (Lipinski definition) is 12. The van der Waals surface area contributed by atoms with Gasteiger partial charge in [-0.05, 0) is 32.6 Å². The van der Waals surface area contributed by atoms with Crippen LogP contribution in [0.2, 0.25) is 4.34 Å². The number of rotatable bonds is 10. The van der Waals surface area contributed by atoms with Crippen LogP contribution in [0.5, 0.6) is 0 Å². The fourth-order valence-electron chi connectivity index (χ4n) is 3.56. The minimum absolute atomic E-state index is 0.175. The number of nitrogens with zero attached hydrogens (tertiary/aromatic N) is 3. The van der Waals surface area contributed by atoms with E-state index in [1.54, 1.807) is 27.0 Å². The predicted molar refractivity (Wildman–Crippen MR) is 148 cm³/mol. The maximum absolute atomic E-state index is 13.3. The van der Waals surface area contributed by atoms with Gasteiger partial charge in [-0.15, -0.1) is 11.8 Å². The molecule has 1 unspecified atom stereocenters. The Morgan fingerprint density at radius 1 is 1.26 bits per heavy atom. The van der Waals surface area contributed by atoms with Gasteiger partial charge in [-0.1, -0.05) is 28.1 Å². The first-order valence-corrected chi connectivity index (χ1v) is 15.2. The number of nitrogens with one attached hydrogen (secondary N) is 2. The van der Waals surface area contributed by atoms with Crippen molar-refractivity contribution in [1.29, 1.82) is 0 Å². The Labute approximate surface area is 253 Å². The van der Waals surface area contributed by atoms with Gasteiger partial charge in [-0.25, -0.2) is 14.6 Å². The number of β-lactam (4-membered cyclic amide) rings is 1. The lowest BCUT2D eigenvalue weighted by molar-refractivity contribution is -0.167. The molecule has 1 saturated heterocycles. The first-order valence-electron chi connectivity index (χ1n) is 11.6. The number of aromatic nitrogens is 1. The zero-order valence-electron chi connectivity index (χ0n) is 22.2. The number of oxime groups is 1. The molecule has 13 nitrogen and oxygen atoms in total. The predicted octanol–water partition coefficient (Wildman–Crippen LogP) is 2.46. The Hall–Kier alpha value is -3.03. The maximum atomic E-state index is 13.3. The summed E-state index contributed by atoms with van der Waals surface area (Å²) in [4.78, 5) is 71.2. The highest BCUT2D eigenvalue weighted by atomic mass is 35.5. The van der Waals surface area contributed by atoms with Crippen molar-refractivity contribution in [3.63, 3.8) is 0 Å². The van der Waals surface area contributed by atoms with Crippen molar-refractivity contribution < 1.29 is 51.8 Å². The normalized spacial score (nSPS) is 19.1. The summed E-state index contributed by atoms with van der Waals surface area (Å²) in [5.41, 5.74) is -1.77. The number of hydrogen-bond donors (Lipinski definition) is 3. The number of esters is 1. The van der Waals surface area contributed by atoms with Gasteiger partial charge in [-0.2, -0.15) is 24.9 Å². The molecule has 2 aliphatic rings. The number of ether oxygens (including phenoxy) is 1. The van der Waals surface area contributed by atoms with Crippen LogP contribution in [0, 0.1) is 0 Å². The van der Waals surface area contributed by atoms with Gasteiger partial charge < -0.3 is 20.0 Å². The number of aliphatic carboxylic acids is 1. The molecule has 0 aromatic carbocycles. The van der Waals surface area contributed by atoms with E-state index < -0.39 is 76.0 Å².